The molecule has 32 heavy (non-hydrogen) atoms. The summed E-state index contributed by atoms with van der Waals surface area (Å²) in [7, 11) is 0. The van der Waals surface area contributed by atoms with E-state index in [1.807, 2.05) is 0 Å². The van der Waals surface area contributed by atoms with Gasteiger partial charge in [0.2, 0.25) is 0 Å². The van der Waals surface area contributed by atoms with Crippen LogP contribution in [0.4, 0.5) is 0 Å². The van der Waals surface area contributed by atoms with Crippen LogP contribution in [-0.4, -0.2) is 34.4 Å². The maximum absolute atomic E-state index is 11.4. The lowest BCUT2D eigenvalue weighted by Crippen LogP contribution is -2.59. The number of carbonyl (C=O) groups is 1. The molecule has 4 heteroatoms. The average Bonchev–Trinajstić information content (AvgIpc) is 2.65. The number of rotatable bonds is 19. The first-order chi connectivity index (χ1) is 15.1. The molecule has 0 spiro atoms. The quantitative estimate of drug-likeness (QED) is 0.194. The van der Waals surface area contributed by atoms with Crippen molar-refractivity contribution in [1.29, 1.82) is 0 Å². The third-order valence-corrected chi connectivity index (χ3v) is 6.82. The molecule has 2 N–H and O–H groups in total. The van der Waals surface area contributed by atoms with Gasteiger partial charge >= 0.3 is 5.97 Å². The summed E-state index contributed by atoms with van der Waals surface area (Å²) in [5.74, 6) is -0.743. The summed E-state index contributed by atoms with van der Waals surface area (Å²) in [4.78, 5) is 11.4. The van der Waals surface area contributed by atoms with Gasteiger partial charge in [0.15, 0.2) is 0 Å². The summed E-state index contributed by atoms with van der Waals surface area (Å²) in [6.45, 7) is 11.1. The fraction of sp³-hybridized carbons (Fsp3) is 0.964. The molecule has 0 radical (unpaired) electrons. The number of hydrogen-bond acceptors (Lipinski definition) is 3. The molecule has 1 aliphatic heterocycles. The molecular formula is C28H55NO3. The Balaban J connectivity index is 2.13. The standard InChI is InChI=1S/C28H55NO3/c1-6-7-8-9-10-11-12-13-14-15-16-17-18-19-20-24(21-26(30)31)32-25-22-27(2,3)29-28(4,5)23-25/h24-25,29H,6-23H2,1-5H3,(H,30,31). The van der Waals surface area contributed by atoms with E-state index in [1.54, 1.807) is 0 Å². The Bertz CT molecular complexity index is 473. The summed E-state index contributed by atoms with van der Waals surface area (Å²) in [6, 6.07) is 0. The number of unbranched alkanes of at least 4 members (excludes halogenated alkanes) is 13. The molecule has 1 aliphatic rings. The minimum atomic E-state index is -0.743. The molecule has 0 saturated carbocycles. The molecule has 1 atom stereocenters. The molecule has 0 aromatic rings. The van der Waals surface area contributed by atoms with Gasteiger partial charge in [0.05, 0.1) is 18.6 Å². The zero-order chi connectivity index (χ0) is 23.9. The third kappa shape index (κ3) is 15.3. The average molecular weight is 454 g/mol. The van der Waals surface area contributed by atoms with Crippen LogP contribution < -0.4 is 5.32 Å². The highest BCUT2D eigenvalue weighted by Gasteiger charge is 2.39. The van der Waals surface area contributed by atoms with Crippen molar-refractivity contribution in [1.82, 2.24) is 5.32 Å². The fourth-order valence-corrected chi connectivity index (χ4v) is 5.58. The normalized spacial score (nSPS) is 19.2. The zero-order valence-corrected chi connectivity index (χ0v) is 22.1. The van der Waals surface area contributed by atoms with Gasteiger partial charge in [0, 0.05) is 11.1 Å². The maximum Gasteiger partial charge on any atom is 0.305 e. The lowest BCUT2D eigenvalue weighted by atomic mass is 9.81. The van der Waals surface area contributed by atoms with E-state index in [0.29, 0.717) is 0 Å². The van der Waals surface area contributed by atoms with Crippen molar-refractivity contribution >= 4 is 5.97 Å². The van der Waals surface area contributed by atoms with E-state index in [-0.39, 0.29) is 29.7 Å². The number of ether oxygens (including phenoxy) is 1. The fourth-order valence-electron chi connectivity index (χ4n) is 5.58. The van der Waals surface area contributed by atoms with E-state index >= 15 is 0 Å². The monoisotopic (exact) mass is 453 g/mol. The number of carboxylic acid groups (broad SMARTS) is 1. The number of hydrogen-bond donors (Lipinski definition) is 2. The number of carboxylic acids is 1. The third-order valence-electron chi connectivity index (χ3n) is 6.82. The highest BCUT2D eigenvalue weighted by molar-refractivity contribution is 5.67. The van der Waals surface area contributed by atoms with Crippen molar-refractivity contribution in [3.8, 4) is 0 Å². The molecule has 0 aromatic heterocycles. The molecule has 0 bridgehead atoms. The molecular weight excluding hydrogens is 398 g/mol. The van der Waals surface area contributed by atoms with E-state index in [4.69, 9.17) is 4.74 Å². The minimum absolute atomic E-state index is 0.0231. The van der Waals surface area contributed by atoms with Crippen LogP contribution in [0.5, 0.6) is 0 Å². The minimum Gasteiger partial charge on any atom is -0.481 e. The van der Waals surface area contributed by atoms with Crippen molar-refractivity contribution < 1.29 is 14.6 Å². The van der Waals surface area contributed by atoms with Gasteiger partial charge in [-0.15, -0.1) is 0 Å². The molecule has 1 rings (SSSR count). The van der Waals surface area contributed by atoms with Gasteiger partial charge in [-0.2, -0.15) is 0 Å². The summed E-state index contributed by atoms with van der Waals surface area (Å²) in [5, 5.41) is 13.0. The first kappa shape index (κ1) is 29.4. The molecule has 4 nitrogen and oxygen atoms in total. The SMILES string of the molecule is CCCCCCCCCCCCCCCCC(CC(=O)O)OC1CC(C)(C)NC(C)(C)C1. The Hall–Kier alpha value is -0.610. The van der Waals surface area contributed by atoms with E-state index in [2.05, 4.69) is 39.9 Å². The van der Waals surface area contributed by atoms with Crippen LogP contribution in [0.1, 0.15) is 150 Å². The molecule has 1 saturated heterocycles. The maximum atomic E-state index is 11.4. The van der Waals surface area contributed by atoms with Crippen LogP contribution in [0.25, 0.3) is 0 Å². The Morgan fingerprint density at radius 3 is 1.62 bits per heavy atom. The second-order valence-electron chi connectivity index (χ2n) is 11.7. The lowest BCUT2D eigenvalue weighted by molar-refractivity contribution is -0.143. The molecule has 0 aliphatic carbocycles. The van der Waals surface area contributed by atoms with Crippen LogP contribution in [0, 0.1) is 0 Å². The molecule has 1 heterocycles. The predicted molar refractivity (Wildman–Crippen MR) is 136 cm³/mol. The van der Waals surface area contributed by atoms with Crippen molar-refractivity contribution in [2.45, 2.75) is 173 Å². The van der Waals surface area contributed by atoms with Crippen molar-refractivity contribution in [3.05, 3.63) is 0 Å². The number of nitrogens with one attached hydrogen (secondary N) is 1. The van der Waals surface area contributed by atoms with E-state index in [9.17, 15) is 9.90 Å². The van der Waals surface area contributed by atoms with E-state index < -0.39 is 5.97 Å². The Labute approximate surface area is 199 Å². The second kappa shape index (κ2) is 16.1. The predicted octanol–water partition coefficient (Wildman–Crippen LogP) is 8.03. The van der Waals surface area contributed by atoms with Crippen LogP contribution in [0.3, 0.4) is 0 Å². The van der Waals surface area contributed by atoms with Gasteiger partial charge < -0.3 is 15.2 Å². The van der Waals surface area contributed by atoms with Gasteiger partial charge in [-0.05, 0) is 47.0 Å². The van der Waals surface area contributed by atoms with Gasteiger partial charge in [-0.25, -0.2) is 0 Å². The first-order valence-electron chi connectivity index (χ1n) is 13.8. The van der Waals surface area contributed by atoms with Gasteiger partial charge in [-0.1, -0.05) is 96.8 Å². The first-order valence-corrected chi connectivity index (χ1v) is 13.8. The van der Waals surface area contributed by atoms with E-state index in [1.165, 1.54) is 83.5 Å². The topological polar surface area (TPSA) is 58.6 Å². The van der Waals surface area contributed by atoms with Gasteiger partial charge in [0.25, 0.3) is 0 Å². The van der Waals surface area contributed by atoms with Crippen molar-refractivity contribution in [3.63, 3.8) is 0 Å². The van der Waals surface area contributed by atoms with Gasteiger partial charge in [0.1, 0.15) is 0 Å². The lowest BCUT2D eigenvalue weighted by Gasteiger charge is -2.47. The van der Waals surface area contributed by atoms with E-state index in [0.717, 1.165) is 25.7 Å². The summed E-state index contributed by atoms with van der Waals surface area (Å²) < 4.78 is 6.37. The number of piperidine rings is 1. The van der Waals surface area contributed by atoms with Crippen molar-refractivity contribution in [2.24, 2.45) is 0 Å². The Morgan fingerprint density at radius 1 is 0.812 bits per heavy atom. The molecule has 0 aromatic carbocycles. The molecule has 190 valence electrons. The highest BCUT2D eigenvalue weighted by Crippen LogP contribution is 2.32. The largest absolute Gasteiger partial charge is 0.481 e. The van der Waals surface area contributed by atoms with Crippen molar-refractivity contribution in [2.75, 3.05) is 0 Å². The van der Waals surface area contributed by atoms with Gasteiger partial charge in [-0.3, -0.25) is 4.79 Å². The van der Waals surface area contributed by atoms with Crippen LogP contribution in [0.15, 0.2) is 0 Å². The summed E-state index contributed by atoms with van der Waals surface area (Å²) in [6.07, 6.45) is 21.7. The van der Waals surface area contributed by atoms with Crippen LogP contribution in [0.2, 0.25) is 0 Å². The zero-order valence-electron chi connectivity index (χ0n) is 22.1. The molecule has 1 fully saturated rings. The Kier molecular flexibility index (Phi) is 14.8. The molecule has 0 amide bonds. The highest BCUT2D eigenvalue weighted by atomic mass is 16.5. The Morgan fingerprint density at radius 2 is 1.22 bits per heavy atom. The van der Waals surface area contributed by atoms with Crippen LogP contribution >= 0.6 is 0 Å². The van der Waals surface area contributed by atoms with Crippen LogP contribution in [-0.2, 0) is 9.53 Å². The number of aliphatic carboxylic acids is 1. The molecule has 1 unspecified atom stereocenters. The second-order valence-corrected chi connectivity index (χ2v) is 11.7. The summed E-state index contributed by atoms with van der Waals surface area (Å²) >= 11 is 0. The smallest absolute Gasteiger partial charge is 0.305 e. The summed E-state index contributed by atoms with van der Waals surface area (Å²) in [5.41, 5.74) is 0.0461.